The summed E-state index contributed by atoms with van der Waals surface area (Å²) in [4.78, 5) is 7.14. The summed E-state index contributed by atoms with van der Waals surface area (Å²) in [5.41, 5.74) is 8.63. The van der Waals surface area contributed by atoms with Crippen LogP contribution in [0.4, 0.5) is 22.7 Å². The Hall–Kier alpha value is -3.96. The number of nitrogens with zero attached hydrogens (tertiary/aromatic N) is 3. The molecule has 0 amide bonds. The number of hydrogen-bond acceptors (Lipinski definition) is 5. The number of likely N-dealkylation sites (tertiary alicyclic amines) is 1. The van der Waals surface area contributed by atoms with Crippen LogP contribution in [0.2, 0.25) is 0 Å². The van der Waals surface area contributed by atoms with Gasteiger partial charge >= 0.3 is 0 Å². The number of nitrogens with one attached hydrogen (secondary N) is 2. The molecule has 0 saturated carbocycles. The zero-order valence-electron chi connectivity index (χ0n) is 40.8. The predicted octanol–water partition coefficient (Wildman–Crippen LogP) is 14.5. The SMILES string of the molecule is CC(C)(C)N1CCCCC1.CC(C)(C)Nc1ccccc1.CN(c1ccccc1)C(C)(C)C.Cc1cccc(N(C)C(C)(C)C)c1.Cc1cccc(NC(C)(C)C)c1. The van der Waals surface area contributed by atoms with E-state index in [2.05, 4.69) is 242 Å². The summed E-state index contributed by atoms with van der Waals surface area (Å²) in [5.74, 6) is 0. The molecule has 0 aromatic heterocycles. The zero-order valence-corrected chi connectivity index (χ0v) is 40.8. The normalized spacial score (nSPS) is 13.4. The molecule has 4 aromatic carbocycles. The summed E-state index contributed by atoms with van der Waals surface area (Å²) >= 11 is 0. The smallest absolute Gasteiger partial charge is 0.0370 e. The Morgan fingerprint density at radius 2 is 0.810 bits per heavy atom. The number of para-hydroxylation sites is 2. The van der Waals surface area contributed by atoms with Gasteiger partial charge in [0.15, 0.2) is 0 Å². The highest BCUT2D eigenvalue weighted by Crippen LogP contribution is 2.23. The molecule has 2 N–H and O–H groups in total. The van der Waals surface area contributed by atoms with Crippen molar-refractivity contribution in [1.29, 1.82) is 0 Å². The first kappa shape index (κ1) is 52.1. The molecular formula is C53H87N5. The van der Waals surface area contributed by atoms with Gasteiger partial charge in [0.2, 0.25) is 0 Å². The van der Waals surface area contributed by atoms with Gasteiger partial charge in [0, 0.05) is 64.5 Å². The molecule has 324 valence electrons. The van der Waals surface area contributed by atoms with Crippen LogP contribution in [0.15, 0.2) is 109 Å². The van der Waals surface area contributed by atoms with Crippen LogP contribution in [0.3, 0.4) is 0 Å². The van der Waals surface area contributed by atoms with E-state index >= 15 is 0 Å². The minimum absolute atomic E-state index is 0.147. The molecule has 4 aromatic rings. The van der Waals surface area contributed by atoms with Crippen molar-refractivity contribution in [3.63, 3.8) is 0 Å². The van der Waals surface area contributed by atoms with Gasteiger partial charge in [0.1, 0.15) is 0 Å². The first-order valence-corrected chi connectivity index (χ1v) is 21.6. The highest BCUT2D eigenvalue weighted by Gasteiger charge is 2.22. The fourth-order valence-electron chi connectivity index (χ4n) is 5.94. The van der Waals surface area contributed by atoms with Crippen LogP contribution in [0, 0.1) is 13.8 Å². The van der Waals surface area contributed by atoms with Gasteiger partial charge < -0.3 is 20.4 Å². The molecule has 0 bridgehead atoms. The van der Waals surface area contributed by atoms with E-state index in [4.69, 9.17) is 0 Å². The molecular weight excluding hydrogens is 707 g/mol. The van der Waals surface area contributed by atoms with Gasteiger partial charge in [-0.15, -0.1) is 0 Å². The standard InChI is InChI=1S/C12H19N.2C11H17N.C10H15N.C9H19N/c1-10-7-6-8-11(9-10)13(5)12(2,3)4;1-9-6-5-7-10(8-9)12-11(2,3)4;1-11(2,3)12(4)10-8-6-5-7-9-10;1-10(2,3)11-9-7-5-4-6-8-9;1-9(2,3)10-7-5-4-6-8-10/h6-9H,1-5H3;5-8,12H,1-4H3;5-9H,1-4H3;4-8,11H,1-3H3;4-8H2,1-3H3. The third kappa shape index (κ3) is 23.4. The van der Waals surface area contributed by atoms with E-state index in [1.165, 1.54) is 66.2 Å². The lowest BCUT2D eigenvalue weighted by atomic mass is 10.0. The first-order chi connectivity index (χ1) is 26.6. The zero-order chi connectivity index (χ0) is 44.4. The molecule has 5 nitrogen and oxygen atoms in total. The van der Waals surface area contributed by atoms with Crippen molar-refractivity contribution in [1.82, 2.24) is 4.90 Å². The van der Waals surface area contributed by atoms with Crippen molar-refractivity contribution in [2.24, 2.45) is 0 Å². The van der Waals surface area contributed by atoms with Crippen LogP contribution in [0.25, 0.3) is 0 Å². The molecule has 58 heavy (non-hydrogen) atoms. The lowest BCUT2D eigenvalue weighted by Gasteiger charge is -2.38. The predicted molar refractivity (Wildman–Crippen MR) is 263 cm³/mol. The molecule has 1 saturated heterocycles. The van der Waals surface area contributed by atoms with Crippen LogP contribution < -0.4 is 20.4 Å². The Labute approximate surface area is 359 Å². The van der Waals surface area contributed by atoms with Gasteiger partial charge in [-0.25, -0.2) is 0 Å². The number of hydrogen-bond donors (Lipinski definition) is 2. The Bertz CT molecular complexity index is 1660. The third-order valence-corrected chi connectivity index (χ3v) is 9.68. The maximum absolute atomic E-state index is 3.42. The molecule has 1 aliphatic heterocycles. The molecule has 0 unspecified atom stereocenters. The van der Waals surface area contributed by atoms with Crippen molar-refractivity contribution in [3.8, 4) is 0 Å². The summed E-state index contributed by atoms with van der Waals surface area (Å²) in [5, 5.41) is 6.80. The second-order valence-electron chi connectivity index (χ2n) is 20.8. The van der Waals surface area contributed by atoms with Crippen molar-refractivity contribution < 1.29 is 0 Å². The average Bonchev–Trinajstić information content (AvgIpc) is 3.11. The third-order valence-electron chi connectivity index (χ3n) is 9.68. The highest BCUT2D eigenvalue weighted by atomic mass is 15.2. The highest BCUT2D eigenvalue weighted by molar-refractivity contribution is 5.50. The van der Waals surface area contributed by atoms with Crippen LogP contribution in [0.5, 0.6) is 0 Å². The summed E-state index contributed by atoms with van der Waals surface area (Å²) in [6.07, 6.45) is 4.24. The molecule has 0 aliphatic carbocycles. The number of benzene rings is 4. The fourth-order valence-corrected chi connectivity index (χ4v) is 5.94. The number of piperidine rings is 1. The number of aryl methyl sites for hydroxylation is 2. The topological polar surface area (TPSA) is 33.8 Å². The van der Waals surface area contributed by atoms with Crippen molar-refractivity contribution in [2.45, 2.75) is 165 Å². The van der Waals surface area contributed by atoms with E-state index in [1.807, 2.05) is 24.3 Å². The minimum atomic E-state index is 0.147. The maximum Gasteiger partial charge on any atom is 0.0370 e. The Morgan fingerprint density at radius 1 is 0.431 bits per heavy atom. The fraction of sp³-hybridized carbons (Fsp3) is 0.547. The lowest BCUT2D eigenvalue weighted by Crippen LogP contribution is -2.44. The molecule has 1 heterocycles. The lowest BCUT2D eigenvalue weighted by molar-refractivity contribution is 0.111. The van der Waals surface area contributed by atoms with E-state index in [9.17, 15) is 0 Å². The Balaban J connectivity index is 0.000000363. The summed E-state index contributed by atoms with van der Waals surface area (Å²) < 4.78 is 0. The minimum Gasteiger partial charge on any atom is -0.380 e. The average molecular weight is 794 g/mol. The first-order valence-electron chi connectivity index (χ1n) is 21.6. The number of anilines is 4. The van der Waals surface area contributed by atoms with E-state index in [0.29, 0.717) is 5.54 Å². The molecule has 5 rings (SSSR count). The summed E-state index contributed by atoms with van der Waals surface area (Å²) in [7, 11) is 4.25. The summed E-state index contributed by atoms with van der Waals surface area (Å²) in [6, 6.07) is 37.7. The van der Waals surface area contributed by atoms with Gasteiger partial charge in [0.05, 0.1) is 0 Å². The van der Waals surface area contributed by atoms with Crippen molar-refractivity contribution in [3.05, 3.63) is 120 Å². The van der Waals surface area contributed by atoms with Crippen LogP contribution >= 0.6 is 0 Å². The second-order valence-corrected chi connectivity index (χ2v) is 20.8. The van der Waals surface area contributed by atoms with Crippen LogP contribution in [-0.4, -0.2) is 59.8 Å². The molecule has 1 fully saturated rings. The van der Waals surface area contributed by atoms with Crippen LogP contribution in [-0.2, 0) is 0 Å². The van der Waals surface area contributed by atoms with E-state index in [1.54, 1.807) is 0 Å². The van der Waals surface area contributed by atoms with Gasteiger partial charge in [-0.05, 0) is 203 Å². The second kappa shape index (κ2) is 23.6. The van der Waals surface area contributed by atoms with E-state index < -0.39 is 0 Å². The summed E-state index contributed by atoms with van der Waals surface area (Å²) in [6.45, 7) is 40.0. The Kier molecular flexibility index (Phi) is 21.2. The molecule has 5 heteroatoms. The van der Waals surface area contributed by atoms with Crippen LogP contribution in [0.1, 0.15) is 134 Å². The molecule has 0 spiro atoms. The van der Waals surface area contributed by atoms with Gasteiger partial charge in [0.25, 0.3) is 0 Å². The van der Waals surface area contributed by atoms with Gasteiger partial charge in [-0.3, -0.25) is 4.90 Å². The van der Waals surface area contributed by atoms with Gasteiger partial charge in [-0.2, -0.15) is 0 Å². The molecule has 1 aliphatic rings. The largest absolute Gasteiger partial charge is 0.380 e. The molecule has 0 atom stereocenters. The van der Waals surface area contributed by atoms with E-state index in [0.717, 1.165) is 0 Å². The van der Waals surface area contributed by atoms with Gasteiger partial charge in [-0.1, -0.05) is 67.1 Å². The molecule has 0 radical (unpaired) electrons. The monoisotopic (exact) mass is 794 g/mol. The van der Waals surface area contributed by atoms with E-state index in [-0.39, 0.29) is 22.2 Å². The maximum atomic E-state index is 3.42. The number of rotatable bonds is 4. The van der Waals surface area contributed by atoms with Crippen molar-refractivity contribution >= 4 is 22.7 Å². The quantitative estimate of drug-likeness (QED) is 0.215. The van der Waals surface area contributed by atoms with Crippen molar-refractivity contribution in [2.75, 3.05) is 47.6 Å². The Morgan fingerprint density at radius 3 is 1.21 bits per heavy atom.